The van der Waals surface area contributed by atoms with Gasteiger partial charge < -0.3 is 10.2 Å². The molecule has 178 valence electrons. The summed E-state index contributed by atoms with van der Waals surface area (Å²) in [5.41, 5.74) is 2.32. The summed E-state index contributed by atoms with van der Waals surface area (Å²) in [5.74, 6) is -0.352. The van der Waals surface area contributed by atoms with Crippen molar-refractivity contribution >= 4 is 33.2 Å². The maximum atomic E-state index is 13.4. The zero-order valence-corrected chi connectivity index (χ0v) is 19.8. The molecule has 1 amide bonds. The number of pyridine rings is 1. The minimum absolute atomic E-state index is 0.175. The van der Waals surface area contributed by atoms with Crippen LogP contribution < -0.4 is 10.5 Å². The van der Waals surface area contributed by atoms with Crippen LogP contribution in [0.2, 0.25) is 5.02 Å². The predicted octanol–water partition coefficient (Wildman–Crippen LogP) is 4.15. The Morgan fingerprint density at radius 3 is 2.38 bits per heavy atom. The summed E-state index contributed by atoms with van der Waals surface area (Å²) in [4.78, 5) is 19.0. The van der Waals surface area contributed by atoms with Crippen LogP contribution in [0, 0.1) is 5.82 Å². The lowest BCUT2D eigenvalue weighted by molar-refractivity contribution is 0.0713. The predicted molar refractivity (Wildman–Crippen MR) is 129 cm³/mol. The van der Waals surface area contributed by atoms with E-state index in [1.54, 1.807) is 17.0 Å². The number of primary sulfonamides is 1. The van der Waals surface area contributed by atoms with Crippen LogP contribution >= 0.6 is 11.6 Å². The highest BCUT2D eigenvalue weighted by Crippen LogP contribution is 2.34. The minimum atomic E-state index is -4.18. The molecule has 0 bridgehead atoms. The summed E-state index contributed by atoms with van der Waals surface area (Å²) in [6, 6.07) is 15.9. The molecule has 0 spiro atoms. The Hall–Kier alpha value is -3.01. The average molecular weight is 503 g/mol. The molecule has 2 aromatic carbocycles. The van der Waals surface area contributed by atoms with E-state index < -0.39 is 15.0 Å². The Bertz CT molecular complexity index is 1280. The summed E-state index contributed by atoms with van der Waals surface area (Å²) >= 11 is 6.38. The van der Waals surface area contributed by atoms with E-state index in [2.05, 4.69) is 10.3 Å². The van der Waals surface area contributed by atoms with Gasteiger partial charge in [-0.3, -0.25) is 4.79 Å². The SMILES string of the molecule is NS(=O)(=O)c1ncc(C(=O)N2CCC(c3ccc(F)cc3)CC2)c(NCc2ccccc2)c1Cl. The molecule has 7 nitrogen and oxygen atoms in total. The van der Waals surface area contributed by atoms with Gasteiger partial charge in [0.05, 0.1) is 11.3 Å². The van der Waals surface area contributed by atoms with E-state index in [9.17, 15) is 17.6 Å². The molecule has 1 aliphatic rings. The first-order valence-electron chi connectivity index (χ1n) is 10.8. The molecular weight excluding hydrogens is 479 g/mol. The van der Waals surface area contributed by atoms with E-state index in [0.29, 0.717) is 19.6 Å². The van der Waals surface area contributed by atoms with Gasteiger partial charge in [0.25, 0.3) is 15.9 Å². The number of rotatable bonds is 6. The fourth-order valence-electron chi connectivity index (χ4n) is 4.11. The third-order valence-corrected chi connectivity index (χ3v) is 7.25. The smallest absolute Gasteiger partial charge is 0.257 e. The van der Waals surface area contributed by atoms with Gasteiger partial charge in [0, 0.05) is 25.8 Å². The maximum absolute atomic E-state index is 13.4. The summed E-state index contributed by atoms with van der Waals surface area (Å²) in [7, 11) is -4.18. The van der Waals surface area contributed by atoms with Crippen LogP contribution in [-0.2, 0) is 16.6 Å². The number of likely N-dealkylation sites (tertiary alicyclic amines) is 1. The second-order valence-electron chi connectivity index (χ2n) is 8.17. The molecule has 2 heterocycles. The van der Waals surface area contributed by atoms with Crippen molar-refractivity contribution in [3.63, 3.8) is 0 Å². The lowest BCUT2D eigenvalue weighted by atomic mass is 9.89. The van der Waals surface area contributed by atoms with Gasteiger partial charge in [-0.05, 0) is 42.0 Å². The number of carbonyl (C=O) groups is 1. The third-order valence-electron chi connectivity index (χ3n) is 5.92. The molecule has 4 rings (SSSR count). The van der Waals surface area contributed by atoms with Crippen molar-refractivity contribution in [1.29, 1.82) is 0 Å². The zero-order chi connectivity index (χ0) is 24.3. The van der Waals surface area contributed by atoms with Crippen molar-refractivity contribution in [2.75, 3.05) is 18.4 Å². The molecule has 3 aromatic rings. The van der Waals surface area contributed by atoms with Crippen LogP contribution in [-0.4, -0.2) is 37.3 Å². The van der Waals surface area contributed by atoms with Gasteiger partial charge >= 0.3 is 0 Å². The first kappa shape index (κ1) is 24.1. The standard InChI is InChI=1S/C24H24ClFN4O3S/c25-21-22(28-14-16-4-2-1-3-5-16)20(15-29-23(21)34(27,32)33)24(31)30-12-10-18(11-13-30)17-6-8-19(26)9-7-17/h1-9,15,18H,10-14H2,(H,28,29)(H2,27,32,33). The second-order valence-corrected chi connectivity index (χ2v) is 10.0. The van der Waals surface area contributed by atoms with E-state index in [4.69, 9.17) is 16.7 Å². The lowest BCUT2D eigenvalue weighted by Crippen LogP contribution is -2.38. The molecule has 0 unspecified atom stereocenters. The number of anilines is 1. The molecule has 1 aromatic heterocycles. The second kappa shape index (κ2) is 10.1. The van der Waals surface area contributed by atoms with Crippen molar-refractivity contribution in [3.05, 3.63) is 88.3 Å². The quantitative estimate of drug-likeness (QED) is 0.526. The van der Waals surface area contributed by atoms with Crippen molar-refractivity contribution in [2.24, 2.45) is 5.14 Å². The Labute approximate surface area is 202 Å². The number of aromatic nitrogens is 1. The highest BCUT2D eigenvalue weighted by Gasteiger charge is 2.29. The number of nitrogens with zero attached hydrogens (tertiary/aromatic N) is 2. The first-order valence-corrected chi connectivity index (χ1v) is 12.7. The number of hydrogen-bond donors (Lipinski definition) is 2. The summed E-state index contributed by atoms with van der Waals surface area (Å²) in [5, 5.41) is 7.65. The fourth-order valence-corrected chi connectivity index (χ4v) is 5.20. The molecule has 0 atom stereocenters. The van der Waals surface area contributed by atoms with Crippen LogP contribution in [0.15, 0.2) is 65.8 Å². The number of nitrogens with one attached hydrogen (secondary N) is 1. The molecule has 1 saturated heterocycles. The van der Waals surface area contributed by atoms with Crippen molar-refractivity contribution < 1.29 is 17.6 Å². The summed E-state index contributed by atoms with van der Waals surface area (Å²) < 4.78 is 37.1. The van der Waals surface area contributed by atoms with Crippen LogP contribution in [0.3, 0.4) is 0 Å². The third kappa shape index (κ3) is 5.38. The highest BCUT2D eigenvalue weighted by atomic mass is 35.5. The van der Waals surface area contributed by atoms with Gasteiger partial charge in [-0.25, -0.2) is 22.9 Å². The van der Waals surface area contributed by atoms with E-state index >= 15 is 0 Å². The van der Waals surface area contributed by atoms with E-state index in [1.807, 2.05) is 30.3 Å². The number of nitrogens with two attached hydrogens (primary N) is 1. The minimum Gasteiger partial charge on any atom is -0.379 e. The average Bonchev–Trinajstić information content (AvgIpc) is 2.83. The van der Waals surface area contributed by atoms with Crippen LogP contribution in [0.5, 0.6) is 0 Å². The normalized spacial score (nSPS) is 14.7. The van der Waals surface area contributed by atoms with Crippen molar-refractivity contribution in [1.82, 2.24) is 9.88 Å². The number of hydrogen-bond acceptors (Lipinski definition) is 5. The van der Waals surface area contributed by atoms with Crippen LogP contribution in [0.1, 0.15) is 40.2 Å². The molecule has 34 heavy (non-hydrogen) atoms. The van der Waals surface area contributed by atoms with Gasteiger partial charge in [0.1, 0.15) is 10.8 Å². The Kier molecular flexibility index (Phi) is 7.16. The van der Waals surface area contributed by atoms with Gasteiger partial charge in [-0.1, -0.05) is 54.1 Å². The largest absolute Gasteiger partial charge is 0.379 e. The van der Waals surface area contributed by atoms with Crippen molar-refractivity contribution in [3.8, 4) is 0 Å². The van der Waals surface area contributed by atoms with Gasteiger partial charge in [-0.2, -0.15) is 0 Å². The number of halogens is 2. The molecule has 1 fully saturated rings. The van der Waals surface area contributed by atoms with E-state index in [0.717, 1.165) is 24.0 Å². The summed E-state index contributed by atoms with van der Waals surface area (Å²) in [6.45, 7) is 1.31. The van der Waals surface area contributed by atoms with Crippen LogP contribution in [0.25, 0.3) is 0 Å². The number of amides is 1. The van der Waals surface area contributed by atoms with E-state index in [1.165, 1.54) is 18.3 Å². The fraction of sp³-hybridized carbons (Fsp3) is 0.250. The van der Waals surface area contributed by atoms with E-state index in [-0.39, 0.29) is 33.9 Å². The lowest BCUT2D eigenvalue weighted by Gasteiger charge is -2.32. The van der Waals surface area contributed by atoms with Crippen molar-refractivity contribution in [2.45, 2.75) is 30.3 Å². The zero-order valence-electron chi connectivity index (χ0n) is 18.2. The first-order chi connectivity index (χ1) is 16.2. The number of sulfonamides is 1. The Morgan fingerprint density at radius 2 is 1.76 bits per heavy atom. The number of piperidine rings is 1. The summed E-state index contributed by atoms with van der Waals surface area (Å²) in [6.07, 6.45) is 2.65. The maximum Gasteiger partial charge on any atom is 0.257 e. The Morgan fingerprint density at radius 1 is 1.12 bits per heavy atom. The molecule has 1 aliphatic heterocycles. The molecule has 0 radical (unpaired) electrons. The topological polar surface area (TPSA) is 105 Å². The van der Waals surface area contributed by atoms with Gasteiger partial charge in [0.2, 0.25) is 0 Å². The molecule has 3 N–H and O–H groups in total. The number of carbonyl (C=O) groups excluding carboxylic acids is 1. The van der Waals surface area contributed by atoms with Gasteiger partial charge in [0.15, 0.2) is 5.03 Å². The molecule has 0 aliphatic carbocycles. The monoisotopic (exact) mass is 502 g/mol. The Balaban J connectivity index is 1.56. The molecular formula is C24H24ClFN4O3S. The molecule has 0 saturated carbocycles. The number of benzene rings is 2. The van der Waals surface area contributed by atoms with Gasteiger partial charge in [-0.15, -0.1) is 0 Å². The van der Waals surface area contributed by atoms with Crippen LogP contribution in [0.4, 0.5) is 10.1 Å². The highest BCUT2D eigenvalue weighted by molar-refractivity contribution is 7.89. The molecule has 10 heteroatoms.